The average Bonchev–Trinajstić information content (AvgIpc) is 2.73. The molecule has 1 aliphatic rings. The standard InChI is InChI=1S/C13H24N4/c1-3-8-14-10-13(6-5-7-13)9-12-15-11-16-17(12)4-2/h11,14H,3-10H2,1-2H3. The first kappa shape index (κ1) is 12.6. The zero-order chi connectivity index (χ0) is 12.1. The van der Waals surface area contributed by atoms with E-state index in [1.165, 1.54) is 25.7 Å². The van der Waals surface area contributed by atoms with E-state index in [4.69, 9.17) is 0 Å². The second-order valence-corrected chi connectivity index (χ2v) is 5.20. The largest absolute Gasteiger partial charge is 0.316 e. The van der Waals surface area contributed by atoms with Gasteiger partial charge in [0.25, 0.3) is 0 Å². The van der Waals surface area contributed by atoms with Crippen molar-refractivity contribution < 1.29 is 0 Å². The van der Waals surface area contributed by atoms with Gasteiger partial charge in [0, 0.05) is 19.5 Å². The third kappa shape index (κ3) is 2.86. The second kappa shape index (κ2) is 5.63. The molecule has 0 unspecified atom stereocenters. The molecule has 4 heteroatoms. The van der Waals surface area contributed by atoms with Gasteiger partial charge in [-0.3, -0.25) is 4.68 Å². The van der Waals surface area contributed by atoms with Crippen molar-refractivity contribution in [3.05, 3.63) is 12.2 Å². The maximum absolute atomic E-state index is 4.41. The Morgan fingerprint density at radius 2 is 2.24 bits per heavy atom. The molecule has 1 heterocycles. The topological polar surface area (TPSA) is 42.7 Å². The molecule has 0 spiro atoms. The molecule has 0 aromatic carbocycles. The van der Waals surface area contributed by atoms with E-state index in [2.05, 4.69) is 29.2 Å². The number of rotatable bonds is 7. The van der Waals surface area contributed by atoms with E-state index in [9.17, 15) is 0 Å². The first-order valence-electron chi connectivity index (χ1n) is 6.87. The van der Waals surface area contributed by atoms with Crippen LogP contribution in [0.15, 0.2) is 6.33 Å². The lowest BCUT2D eigenvalue weighted by Gasteiger charge is -2.42. The number of aromatic nitrogens is 3. The summed E-state index contributed by atoms with van der Waals surface area (Å²) in [7, 11) is 0. The third-order valence-electron chi connectivity index (χ3n) is 3.87. The van der Waals surface area contributed by atoms with Crippen molar-refractivity contribution in [2.45, 2.75) is 52.5 Å². The van der Waals surface area contributed by atoms with E-state index in [1.807, 2.05) is 4.68 Å². The van der Waals surface area contributed by atoms with Crippen molar-refractivity contribution in [2.75, 3.05) is 13.1 Å². The van der Waals surface area contributed by atoms with Gasteiger partial charge >= 0.3 is 0 Å². The van der Waals surface area contributed by atoms with Gasteiger partial charge in [0.1, 0.15) is 12.2 Å². The molecule has 0 saturated heterocycles. The molecule has 1 aromatic heterocycles. The molecule has 1 aliphatic carbocycles. The molecule has 0 radical (unpaired) electrons. The first-order chi connectivity index (χ1) is 8.29. The molecule has 0 amide bonds. The Morgan fingerprint density at radius 3 is 2.82 bits per heavy atom. The number of nitrogens with zero attached hydrogens (tertiary/aromatic N) is 3. The summed E-state index contributed by atoms with van der Waals surface area (Å²) >= 11 is 0. The van der Waals surface area contributed by atoms with Gasteiger partial charge in [0.2, 0.25) is 0 Å². The van der Waals surface area contributed by atoms with Crippen molar-refractivity contribution in [2.24, 2.45) is 5.41 Å². The van der Waals surface area contributed by atoms with E-state index < -0.39 is 0 Å². The molecule has 17 heavy (non-hydrogen) atoms. The normalized spacial score (nSPS) is 18.0. The van der Waals surface area contributed by atoms with Crippen molar-refractivity contribution in [3.63, 3.8) is 0 Å². The minimum atomic E-state index is 0.453. The molecule has 1 fully saturated rings. The Morgan fingerprint density at radius 1 is 1.41 bits per heavy atom. The molecule has 96 valence electrons. The predicted molar refractivity (Wildman–Crippen MR) is 68.8 cm³/mol. The van der Waals surface area contributed by atoms with E-state index in [0.717, 1.165) is 31.9 Å². The van der Waals surface area contributed by atoms with Crippen LogP contribution >= 0.6 is 0 Å². The van der Waals surface area contributed by atoms with Crippen molar-refractivity contribution in [3.8, 4) is 0 Å². The van der Waals surface area contributed by atoms with Gasteiger partial charge < -0.3 is 5.32 Å². The van der Waals surface area contributed by atoms with E-state index in [-0.39, 0.29) is 0 Å². The Balaban J connectivity index is 1.94. The summed E-state index contributed by atoms with van der Waals surface area (Å²) in [6.07, 6.45) is 8.01. The van der Waals surface area contributed by atoms with Crippen LogP contribution in [-0.4, -0.2) is 27.9 Å². The highest BCUT2D eigenvalue weighted by atomic mass is 15.3. The fourth-order valence-corrected chi connectivity index (χ4v) is 2.65. The van der Waals surface area contributed by atoms with E-state index in [0.29, 0.717) is 5.41 Å². The molecular formula is C13H24N4. The van der Waals surface area contributed by atoms with Crippen LogP contribution in [0.1, 0.15) is 45.4 Å². The molecule has 1 aromatic rings. The molecule has 0 atom stereocenters. The monoisotopic (exact) mass is 236 g/mol. The smallest absolute Gasteiger partial charge is 0.138 e. The van der Waals surface area contributed by atoms with Gasteiger partial charge in [-0.2, -0.15) is 5.10 Å². The minimum Gasteiger partial charge on any atom is -0.316 e. The maximum Gasteiger partial charge on any atom is 0.138 e. The summed E-state index contributed by atoms with van der Waals surface area (Å²) < 4.78 is 2.03. The SMILES string of the molecule is CCCNCC1(Cc2ncnn2CC)CCC1. The maximum atomic E-state index is 4.41. The fraction of sp³-hybridized carbons (Fsp3) is 0.846. The lowest BCUT2D eigenvalue weighted by Crippen LogP contribution is -2.42. The number of aryl methyl sites for hydroxylation is 1. The van der Waals surface area contributed by atoms with Crippen molar-refractivity contribution in [1.29, 1.82) is 0 Å². The summed E-state index contributed by atoms with van der Waals surface area (Å²) in [4.78, 5) is 4.41. The summed E-state index contributed by atoms with van der Waals surface area (Å²) in [5.41, 5.74) is 0.453. The van der Waals surface area contributed by atoms with Crippen molar-refractivity contribution >= 4 is 0 Å². The highest BCUT2D eigenvalue weighted by Crippen LogP contribution is 2.42. The van der Waals surface area contributed by atoms with Gasteiger partial charge in [-0.05, 0) is 38.1 Å². The van der Waals surface area contributed by atoms with Gasteiger partial charge in [-0.25, -0.2) is 4.98 Å². The molecule has 2 rings (SSSR count). The van der Waals surface area contributed by atoms with Crippen LogP contribution in [0.2, 0.25) is 0 Å². The molecular weight excluding hydrogens is 212 g/mol. The van der Waals surface area contributed by atoms with E-state index in [1.54, 1.807) is 6.33 Å². The summed E-state index contributed by atoms with van der Waals surface area (Å²) in [5, 5.41) is 7.83. The van der Waals surface area contributed by atoms with Crippen molar-refractivity contribution in [1.82, 2.24) is 20.1 Å². The minimum absolute atomic E-state index is 0.453. The van der Waals surface area contributed by atoms with Crippen LogP contribution in [-0.2, 0) is 13.0 Å². The Kier molecular flexibility index (Phi) is 4.15. The number of nitrogens with one attached hydrogen (secondary N) is 1. The molecule has 1 N–H and O–H groups in total. The zero-order valence-corrected chi connectivity index (χ0v) is 11.1. The highest BCUT2D eigenvalue weighted by Gasteiger charge is 2.37. The van der Waals surface area contributed by atoms with Crippen LogP contribution in [0.25, 0.3) is 0 Å². The second-order valence-electron chi connectivity index (χ2n) is 5.20. The van der Waals surface area contributed by atoms with Gasteiger partial charge in [0.05, 0.1) is 0 Å². The Hall–Kier alpha value is -0.900. The summed E-state index contributed by atoms with van der Waals surface area (Å²) in [6, 6.07) is 0. The molecule has 0 aliphatic heterocycles. The van der Waals surface area contributed by atoms with Crippen LogP contribution < -0.4 is 5.32 Å². The summed E-state index contributed by atoms with van der Waals surface area (Å²) in [6.45, 7) is 7.53. The molecule has 0 bridgehead atoms. The third-order valence-corrected chi connectivity index (χ3v) is 3.87. The van der Waals surface area contributed by atoms with Crippen LogP contribution in [0, 0.1) is 5.41 Å². The van der Waals surface area contributed by atoms with Gasteiger partial charge in [-0.15, -0.1) is 0 Å². The lowest BCUT2D eigenvalue weighted by atomic mass is 9.66. The highest BCUT2D eigenvalue weighted by molar-refractivity contribution is 4.99. The lowest BCUT2D eigenvalue weighted by molar-refractivity contribution is 0.125. The number of hydrogen-bond acceptors (Lipinski definition) is 3. The number of hydrogen-bond donors (Lipinski definition) is 1. The average molecular weight is 236 g/mol. The zero-order valence-electron chi connectivity index (χ0n) is 11.1. The van der Waals surface area contributed by atoms with E-state index >= 15 is 0 Å². The Labute approximate surface area is 104 Å². The van der Waals surface area contributed by atoms with Gasteiger partial charge in [0.15, 0.2) is 0 Å². The quantitative estimate of drug-likeness (QED) is 0.736. The van der Waals surface area contributed by atoms with Crippen LogP contribution in [0.5, 0.6) is 0 Å². The molecule has 4 nitrogen and oxygen atoms in total. The Bertz CT molecular complexity index is 341. The van der Waals surface area contributed by atoms with Crippen LogP contribution in [0.4, 0.5) is 0 Å². The summed E-state index contributed by atoms with van der Waals surface area (Å²) in [5.74, 6) is 1.16. The van der Waals surface area contributed by atoms with Crippen LogP contribution in [0.3, 0.4) is 0 Å². The molecule has 1 saturated carbocycles. The fourth-order valence-electron chi connectivity index (χ4n) is 2.65. The first-order valence-corrected chi connectivity index (χ1v) is 6.87. The predicted octanol–water partition coefficient (Wildman–Crippen LogP) is 2.01. The van der Waals surface area contributed by atoms with Gasteiger partial charge in [-0.1, -0.05) is 13.3 Å².